The molecule has 1 aromatic carbocycles. The Labute approximate surface area is 103 Å². The monoisotopic (exact) mass is 286 g/mol. The molecule has 1 rings (SSSR count). The highest BCUT2D eigenvalue weighted by Crippen LogP contribution is 2.22. The van der Waals surface area contributed by atoms with Gasteiger partial charge in [-0.05, 0) is 30.3 Å². The number of carbonyl (C=O) groups excluding carboxylic acids is 1. The number of rotatable bonds is 6. The van der Waals surface area contributed by atoms with Gasteiger partial charge in [0.05, 0.1) is 0 Å². The molecule has 0 atom stereocenters. The van der Waals surface area contributed by atoms with Crippen molar-refractivity contribution >= 4 is 21.8 Å². The van der Waals surface area contributed by atoms with Gasteiger partial charge in [0.1, 0.15) is 5.75 Å². The lowest BCUT2D eigenvalue weighted by Crippen LogP contribution is -2.20. The van der Waals surface area contributed by atoms with Gasteiger partial charge < -0.3 is 15.8 Å². The van der Waals surface area contributed by atoms with Crippen LogP contribution in [0.5, 0.6) is 5.75 Å². The first kappa shape index (κ1) is 13.0. The van der Waals surface area contributed by atoms with E-state index < -0.39 is 5.91 Å². The molecule has 0 aromatic heterocycles. The van der Waals surface area contributed by atoms with Gasteiger partial charge in [-0.2, -0.15) is 0 Å². The van der Waals surface area contributed by atoms with E-state index in [1.165, 1.54) is 0 Å². The van der Waals surface area contributed by atoms with Crippen LogP contribution in [0.25, 0.3) is 0 Å². The van der Waals surface area contributed by atoms with Crippen LogP contribution in [0.2, 0.25) is 0 Å². The zero-order chi connectivity index (χ0) is 12.0. The topological polar surface area (TPSA) is 64.3 Å². The summed E-state index contributed by atoms with van der Waals surface area (Å²) in [6, 6.07) is 5.57. The Bertz CT molecular complexity index is 369. The van der Waals surface area contributed by atoms with Gasteiger partial charge in [-0.25, -0.2) is 0 Å². The Balaban J connectivity index is 2.68. The number of amides is 1. The third-order valence-corrected chi connectivity index (χ3v) is 2.74. The SMILES string of the molecule is CCNCc1cc(OCC(N)=O)ccc1Br. The second-order valence-electron chi connectivity index (χ2n) is 3.29. The Kier molecular flexibility index (Phi) is 5.28. The minimum atomic E-state index is -0.476. The Morgan fingerprint density at radius 3 is 2.94 bits per heavy atom. The first-order valence-electron chi connectivity index (χ1n) is 5.03. The minimum absolute atomic E-state index is 0.0950. The maximum absolute atomic E-state index is 10.6. The van der Waals surface area contributed by atoms with E-state index in [1.54, 1.807) is 6.07 Å². The van der Waals surface area contributed by atoms with Gasteiger partial charge in [0.25, 0.3) is 5.91 Å². The highest BCUT2D eigenvalue weighted by molar-refractivity contribution is 9.10. The van der Waals surface area contributed by atoms with Crippen molar-refractivity contribution in [1.82, 2.24) is 5.32 Å². The van der Waals surface area contributed by atoms with Crippen LogP contribution in [-0.4, -0.2) is 19.1 Å². The second-order valence-corrected chi connectivity index (χ2v) is 4.14. The van der Waals surface area contributed by atoms with Gasteiger partial charge in [0.15, 0.2) is 6.61 Å². The summed E-state index contributed by atoms with van der Waals surface area (Å²) in [5, 5.41) is 3.22. The molecule has 0 spiro atoms. The summed E-state index contributed by atoms with van der Waals surface area (Å²) in [7, 11) is 0. The molecule has 0 heterocycles. The first-order valence-corrected chi connectivity index (χ1v) is 5.83. The third kappa shape index (κ3) is 4.20. The normalized spacial score (nSPS) is 10.1. The van der Waals surface area contributed by atoms with Crippen LogP contribution in [0.1, 0.15) is 12.5 Å². The second kappa shape index (κ2) is 6.50. The summed E-state index contributed by atoms with van der Waals surface area (Å²) >= 11 is 3.45. The summed E-state index contributed by atoms with van der Waals surface area (Å²) < 4.78 is 6.23. The maximum Gasteiger partial charge on any atom is 0.255 e. The van der Waals surface area contributed by atoms with Crippen molar-refractivity contribution in [3.8, 4) is 5.75 Å². The summed E-state index contributed by atoms with van der Waals surface area (Å²) in [5.74, 6) is 0.172. The molecule has 4 nitrogen and oxygen atoms in total. The molecule has 3 N–H and O–H groups in total. The highest BCUT2D eigenvalue weighted by Gasteiger charge is 2.03. The van der Waals surface area contributed by atoms with Crippen LogP contribution < -0.4 is 15.8 Å². The maximum atomic E-state index is 10.6. The Morgan fingerprint density at radius 1 is 1.56 bits per heavy atom. The van der Waals surface area contributed by atoms with Crippen molar-refractivity contribution < 1.29 is 9.53 Å². The number of hydrogen-bond donors (Lipinski definition) is 2. The lowest BCUT2D eigenvalue weighted by molar-refractivity contribution is -0.119. The molecule has 0 aliphatic carbocycles. The van der Waals surface area contributed by atoms with Gasteiger partial charge in [-0.15, -0.1) is 0 Å². The molecule has 1 aromatic rings. The standard InChI is InChI=1S/C11H15BrN2O2/c1-2-14-6-8-5-9(3-4-10(8)12)16-7-11(13)15/h3-5,14H,2,6-7H2,1H3,(H2,13,15). The number of primary amides is 1. The average molecular weight is 287 g/mol. The number of nitrogens with two attached hydrogens (primary N) is 1. The summed E-state index contributed by atoms with van der Waals surface area (Å²) in [6.45, 7) is 3.60. The number of ether oxygens (including phenoxy) is 1. The fraction of sp³-hybridized carbons (Fsp3) is 0.364. The number of halogens is 1. The Morgan fingerprint density at radius 2 is 2.31 bits per heavy atom. The van der Waals surface area contributed by atoms with Crippen molar-refractivity contribution in [3.63, 3.8) is 0 Å². The molecular weight excluding hydrogens is 272 g/mol. The van der Waals surface area contributed by atoms with Crippen LogP contribution in [0, 0.1) is 0 Å². The van der Waals surface area contributed by atoms with Crippen molar-refractivity contribution in [2.24, 2.45) is 5.73 Å². The first-order chi connectivity index (χ1) is 7.63. The summed E-state index contributed by atoms with van der Waals surface area (Å²) in [6.07, 6.45) is 0. The predicted molar refractivity (Wildman–Crippen MR) is 66.2 cm³/mol. The zero-order valence-corrected chi connectivity index (χ0v) is 10.7. The molecule has 0 radical (unpaired) electrons. The molecule has 5 heteroatoms. The predicted octanol–water partition coefficient (Wildman–Crippen LogP) is 1.42. The van der Waals surface area contributed by atoms with Crippen LogP contribution in [-0.2, 0) is 11.3 Å². The fourth-order valence-electron chi connectivity index (χ4n) is 1.19. The van der Waals surface area contributed by atoms with Crippen LogP contribution in [0.15, 0.2) is 22.7 Å². The van der Waals surface area contributed by atoms with Crippen molar-refractivity contribution in [2.75, 3.05) is 13.2 Å². The lowest BCUT2D eigenvalue weighted by Gasteiger charge is -2.09. The molecule has 88 valence electrons. The molecule has 0 saturated heterocycles. The molecular formula is C11H15BrN2O2. The van der Waals surface area contributed by atoms with Crippen LogP contribution in [0.4, 0.5) is 0 Å². The van der Waals surface area contributed by atoms with Crippen LogP contribution in [0.3, 0.4) is 0 Å². The quantitative estimate of drug-likeness (QED) is 0.831. The van der Waals surface area contributed by atoms with Gasteiger partial charge in [-0.1, -0.05) is 22.9 Å². The van der Waals surface area contributed by atoms with E-state index in [-0.39, 0.29) is 6.61 Å². The molecule has 0 aliphatic rings. The van der Waals surface area contributed by atoms with E-state index in [0.29, 0.717) is 5.75 Å². The minimum Gasteiger partial charge on any atom is -0.484 e. The van der Waals surface area contributed by atoms with E-state index in [9.17, 15) is 4.79 Å². The van der Waals surface area contributed by atoms with E-state index in [1.807, 2.05) is 19.1 Å². The number of hydrogen-bond acceptors (Lipinski definition) is 3. The van der Waals surface area contributed by atoms with E-state index in [2.05, 4.69) is 21.2 Å². The van der Waals surface area contributed by atoms with Gasteiger partial charge >= 0.3 is 0 Å². The van der Waals surface area contributed by atoms with Crippen molar-refractivity contribution in [1.29, 1.82) is 0 Å². The summed E-state index contributed by atoms with van der Waals surface area (Å²) in [4.78, 5) is 10.6. The zero-order valence-electron chi connectivity index (χ0n) is 9.13. The van der Waals surface area contributed by atoms with Crippen molar-refractivity contribution in [3.05, 3.63) is 28.2 Å². The Hall–Kier alpha value is -1.07. The molecule has 1 amide bonds. The third-order valence-electron chi connectivity index (χ3n) is 1.96. The smallest absolute Gasteiger partial charge is 0.255 e. The molecule has 0 fully saturated rings. The highest BCUT2D eigenvalue weighted by atomic mass is 79.9. The van der Waals surface area contributed by atoms with E-state index in [0.717, 1.165) is 23.1 Å². The lowest BCUT2D eigenvalue weighted by atomic mass is 10.2. The number of carbonyl (C=O) groups is 1. The van der Waals surface area contributed by atoms with E-state index in [4.69, 9.17) is 10.5 Å². The van der Waals surface area contributed by atoms with Gasteiger partial charge in [-0.3, -0.25) is 4.79 Å². The summed E-state index contributed by atoms with van der Waals surface area (Å²) in [5.41, 5.74) is 6.09. The van der Waals surface area contributed by atoms with Gasteiger partial charge in [0.2, 0.25) is 0 Å². The van der Waals surface area contributed by atoms with E-state index >= 15 is 0 Å². The average Bonchev–Trinajstić information content (AvgIpc) is 2.26. The molecule has 0 saturated carbocycles. The molecule has 0 unspecified atom stereocenters. The number of benzene rings is 1. The number of nitrogens with one attached hydrogen (secondary N) is 1. The largest absolute Gasteiger partial charge is 0.484 e. The molecule has 16 heavy (non-hydrogen) atoms. The fourth-order valence-corrected chi connectivity index (χ4v) is 1.58. The van der Waals surface area contributed by atoms with Crippen molar-refractivity contribution in [2.45, 2.75) is 13.5 Å². The molecule has 0 bridgehead atoms. The van der Waals surface area contributed by atoms with Crippen LogP contribution >= 0.6 is 15.9 Å². The van der Waals surface area contributed by atoms with Gasteiger partial charge in [0, 0.05) is 11.0 Å². The molecule has 0 aliphatic heterocycles.